The zero-order valence-electron chi connectivity index (χ0n) is 10.8. The summed E-state index contributed by atoms with van der Waals surface area (Å²) in [5, 5.41) is 4.47. The predicted molar refractivity (Wildman–Crippen MR) is 89.1 cm³/mol. The monoisotopic (exact) mass is 390 g/mol. The highest BCUT2D eigenvalue weighted by Gasteiger charge is 2.06. The van der Waals surface area contributed by atoms with Crippen LogP contribution in [0.5, 0.6) is 0 Å². The largest absolute Gasteiger partial charge is 0.240 e. The second-order valence-electron chi connectivity index (χ2n) is 4.61. The van der Waals surface area contributed by atoms with Crippen LogP contribution in [0.1, 0.15) is 5.56 Å². The van der Waals surface area contributed by atoms with Crippen molar-refractivity contribution in [3.05, 3.63) is 69.4 Å². The second kappa shape index (κ2) is 5.54. The predicted octanol–water partition coefficient (Wildman–Crippen LogP) is 5.37. The highest BCUT2D eigenvalue weighted by Crippen LogP contribution is 2.24. The van der Waals surface area contributed by atoms with Crippen molar-refractivity contribution in [2.45, 2.75) is 6.92 Å². The van der Waals surface area contributed by atoms with Crippen LogP contribution in [0.4, 0.5) is 0 Å². The van der Waals surface area contributed by atoms with Crippen LogP contribution >= 0.6 is 31.9 Å². The Kier molecular flexibility index (Phi) is 3.76. The lowest BCUT2D eigenvalue weighted by Gasteiger charge is -2.05. The van der Waals surface area contributed by atoms with E-state index in [1.54, 1.807) is 0 Å². The standard InChI is InChI=1S/C16H12Br2N2/c1-11-8-15(18)6-7-16(11)20-10-13(9-19-20)12-2-4-14(17)5-3-12/h2-10H,1H3. The molecule has 0 unspecified atom stereocenters. The summed E-state index contributed by atoms with van der Waals surface area (Å²) in [6.07, 6.45) is 3.95. The molecule has 0 spiro atoms. The Morgan fingerprint density at radius 1 is 0.900 bits per heavy atom. The van der Waals surface area contributed by atoms with E-state index in [-0.39, 0.29) is 0 Å². The number of hydrogen-bond acceptors (Lipinski definition) is 1. The van der Waals surface area contributed by atoms with Gasteiger partial charge < -0.3 is 0 Å². The van der Waals surface area contributed by atoms with Crippen LogP contribution in [0.15, 0.2) is 63.8 Å². The molecule has 20 heavy (non-hydrogen) atoms. The number of rotatable bonds is 2. The number of nitrogens with zero attached hydrogens (tertiary/aromatic N) is 2. The van der Waals surface area contributed by atoms with Crippen LogP contribution in [0.25, 0.3) is 16.8 Å². The molecule has 0 aliphatic rings. The number of halogens is 2. The molecule has 0 N–H and O–H groups in total. The number of hydrogen-bond donors (Lipinski definition) is 0. The molecule has 3 aromatic rings. The van der Waals surface area contributed by atoms with Gasteiger partial charge in [-0.1, -0.05) is 44.0 Å². The summed E-state index contributed by atoms with van der Waals surface area (Å²) in [5.74, 6) is 0. The Labute approximate surface area is 134 Å². The van der Waals surface area contributed by atoms with Gasteiger partial charge >= 0.3 is 0 Å². The third-order valence-corrected chi connectivity index (χ3v) is 4.19. The van der Waals surface area contributed by atoms with E-state index in [1.165, 1.54) is 5.56 Å². The Balaban J connectivity index is 1.99. The molecule has 2 nitrogen and oxygen atoms in total. The topological polar surface area (TPSA) is 17.8 Å². The van der Waals surface area contributed by atoms with Crippen molar-refractivity contribution in [2.75, 3.05) is 0 Å². The summed E-state index contributed by atoms with van der Waals surface area (Å²) in [5.41, 5.74) is 4.55. The van der Waals surface area contributed by atoms with Crippen LogP contribution in [0.2, 0.25) is 0 Å². The van der Waals surface area contributed by atoms with E-state index in [2.05, 4.69) is 74.3 Å². The summed E-state index contributed by atoms with van der Waals surface area (Å²) in [7, 11) is 0. The molecule has 0 radical (unpaired) electrons. The van der Waals surface area contributed by atoms with Crippen LogP contribution in [-0.4, -0.2) is 9.78 Å². The molecule has 100 valence electrons. The van der Waals surface area contributed by atoms with Crippen molar-refractivity contribution < 1.29 is 0 Å². The fourth-order valence-corrected chi connectivity index (χ4v) is 2.86. The maximum atomic E-state index is 4.47. The van der Waals surface area contributed by atoms with Crippen LogP contribution in [0, 0.1) is 6.92 Å². The van der Waals surface area contributed by atoms with Gasteiger partial charge in [-0.3, -0.25) is 0 Å². The summed E-state index contributed by atoms with van der Waals surface area (Å²) in [6.45, 7) is 2.08. The van der Waals surface area contributed by atoms with Gasteiger partial charge in [0.25, 0.3) is 0 Å². The first kappa shape index (κ1) is 13.6. The smallest absolute Gasteiger partial charge is 0.0675 e. The first-order chi connectivity index (χ1) is 9.63. The minimum Gasteiger partial charge on any atom is -0.240 e. The lowest BCUT2D eigenvalue weighted by atomic mass is 10.1. The lowest BCUT2D eigenvalue weighted by molar-refractivity contribution is 0.872. The van der Waals surface area contributed by atoms with Gasteiger partial charge in [-0.25, -0.2) is 4.68 Å². The molecule has 0 amide bonds. The molecule has 0 aliphatic carbocycles. The minimum absolute atomic E-state index is 1.08. The summed E-state index contributed by atoms with van der Waals surface area (Å²) in [6, 6.07) is 14.4. The van der Waals surface area contributed by atoms with E-state index in [9.17, 15) is 0 Å². The van der Waals surface area contributed by atoms with Crippen LogP contribution in [-0.2, 0) is 0 Å². The lowest BCUT2D eigenvalue weighted by Crippen LogP contribution is -1.96. The van der Waals surface area contributed by atoms with Crippen molar-refractivity contribution in [2.24, 2.45) is 0 Å². The maximum Gasteiger partial charge on any atom is 0.0675 e. The van der Waals surface area contributed by atoms with Gasteiger partial charge in [0.15, 0.2) is 0 Å². The van der Waals surface area contributed by atoms with Crippen molar-refractivity contribution in [3.8, 4) is 16.8 Å². The highest BCUT2D eigenvalue weighted by atomic mass is 79.9. The average molecular weight is 392 g/mol. The van der Waals surface area contributed by atoms with Gasteiger partial charge in [-0.05, 0) is 48.4 Å². The molecule has 0 atom stereocenters. The quantitative estimate of drug-likeness (QED) is 0.573. The fraction of sp³-hybridized carbons (Fsp3) is 0.0625. The van der Waals surface area contributed by atoms with Gasteiger partial charge in [0, 0.05) is 20.7 Å². The third kappa shape index (κ3) is 2.72. The second-order valence-corrected chi connectivity index (χ2v) is 6.44. The van der Waals surface area contributed by atoms with Crippen LogP contribution < -0.4 is 0 Å². The summed E-state index contributed by atoms with van der Waals surface area (Å²) >= 11 is 6.93. The van der Waals surface area contributed by atoms with Crippen molar-refractivity contribution in [1.82, 2.24) is 9.78 Å². The summed E-state index contributed by atoms with van der Waals surface area (Å²) < 4.78 is 4.08. The van der Waals surface area contributed by atoms with Gasteiger partial charge in [-0.15, -0.1) is 0 Å². The van der Waals surface area contributed by atoms with E-state index >= 15 is 0 Å². The number of aryl methyl sites for hydroxylation is 1. The third-order valence-electron chi connectivity index (χ3n) is 3.17. The molecular weight excluding hydrogens is 380 g/mol. The SMILES string of the molecule is Cc1cc(Br)ccc1-n1cc(-c2ccc(Br)cc2)cn1. The minimum atomic E-state index is 1.08. The highest BCUT2D eigenvalue weighted by molar-refractivity contribution is 9.10. The van der Waals surface area contributed by atoms with Gasteiger partial charge in [0.1, 0.15) is 0 Å². The zero-order chi connectivity index (χ0) is 14.1. The van der Waals surface area contributed by atoms with Crippen LogP contribution in [0.3, 0.4) is 0 Å². The Hall–Kier alpha value is -1.39. The van der Waals surface area contributed by atoms with E-state index in [0.717, 1.165) is 25.8 Å². The maximum absolute atomic E-state index is 4.47. The molecule has 1 heterocycles. The number of benzene rings is 2. The molecule has 0 bridgehead atoms. The zero-order valence-corrected chi connectivity index (χ0v) is 14.0. The van der Waals surface area contributed by atoms with E-state index in [0.29, 0.717) is 0 Å². The van der Waals surface area contributed by atoms with Gasteiger partial charge in [0.2, 0.25) is 0 Å². The molecule has 0 saturated heterocycles. The van der Waals surface area contributed by atoms with E-state index in [1.807, 2.05) is 29.1 Å². The van der Waals surface area contributed by atoms with Crippen molar-refractivity contribution in [3.63, 3.8) is 0 Å². The molecule has 4 heteroatoms. The molecule has 1 aromatic heterocycles. The molecule has 2 aromatic carbocycles. The molecule has 0 saturated carbocycles. The molecular formula is C16H12Br2N2. The molecule has 0 aliphatic heterocycles. The Bertz CT molecular complexity index is 745. The molecule has 3 rings (SSSR count). The average Bonchev–Trinajstić information content (AvgIpc) is 2.89. The molecule has 0 fully saturated rings. The Morgan fingerprint density at radius 2 is 1.60 bits per heavy atom. The van der Waals surface area contributed by atoms with Gasteiger partial charge in [0.05, 0.1) is 11.9 Å². The van der Waals surface area contributed by atoms with Gasteiger partial charge in [-0.2, -0.15) is 5.10 Å². The van der Waals surface area contributed by atoms with Crippen molar-refractivity contribution >= 4 is 31.9 Å². The van der Waals surface area contributed by atoms with E-state index < -0.39 is 0 Å². The van der Waals surface area contributed by atoms with Crippen molar-refractivity contribution in [1.29, 1.82) is 0 Å². The van der Waals surface area contributed by atoms with E-state index in [4.69, 9.17) is 0 Å². The fourth-order valence-electron chi connectivity index (χ4n) is 2.12. The Morgan fingerprint density at radius 3 is 2.30 bits per heavy atom. The first-order valence-corrected chi connectivity index (χ1v) is 7.79. The normalized spacial score (nSPS) is 10.8. The summed E-state index contributed by atoms with van der Waals surface area (Å²) in [4.78, 5) is 0. The number of aromatic nitrogens is 2. The first-order valence-electron chi connectivity index (χ1n) is 6.20.